The lowest BCUT2D eigenvalue weighted by Crippen LogP contribution is -2.30. The maximum absolute atomic E-state index is 12.1. The normalized spacial score (nSPS) is 10.2. The highest BCUT2D eigenvalue weighted by atomic mass is 35.5. The molecule has 0 atom stereocenters. The summed E-state index contributed by atoms with van der Waals surface area (Å²) in [4.78, 5) is 20.2. The summed E-state index contributed by atoms with van der Waals surface area (Å²) < 4.78 is 0. The van der Waals surface area contributed by atoms with Crippen molar-refractivity contribution in [3.8, 4) is 0 Å². The van der Waals surface area contributed by atoms with Crippen LogP contribution in [0, 0.1) is 0 Å². The Labute approximate surface area is 155 Å². The van der Waals surface area contributed by atoms with Gasteiger partial charge < -0.3 is 11.1 Å². The number of carbonyl (C=O) groups excluding carboxylic acids is 1. The lowest BCUT2D eigenvalue weighted by molar-refractivity contribution is 0.0962. The van der Waals surface area contributed by atoms with Gasteiger partial charge >= 0.3 is 0 Å². The molecule has 0 saturated heterocycles. The molecular weight excluding hydrogens is 352 g/mol. The summed E-state index contributed by atoms with van der Waals surface area (Å²) in [5, 5.41) is 3.77. The molecule has 132 valence electrons. The van der Waals surface area contributed by atoms with Crippen molar-refractivity contribution in [2.75, 3.05) is 16.5 Å². The van der Waals surface area contributed by atoms with Gasteiger partial charge in [0.25, 0.3) is 5.91 Å². The number of hydrazine groups is 1. The van der Waals surface area contributed by atoms with E-state index in [9.17, 15) is 4.79 Å². The number of anilines is 3. The molecule has 0 aliphatic carbocycles. The zero-order chi connectivity index (χ0) is 18.4. The highest BCUT2D eigenvalue weighted by Crippen LogP contribution is 2.23. The smallest absolute Gasteiger partial charge is 0.269 e. The molecule has 5 N–H and O–H groups in total. The van der Waals surface area contributed by atoms with Crippen molar-refractivity contribution in [2.24, 2.45) is 0 Å². The van der Waals surface area contributed by atoms with Crippen LogP contribution in [0.25, 0.3) is 0 Å². The molecule has 3 rings (SSSR count). The molecule has 0 aliphatic heterocycles. The predicted molar refractivity (Wildman–Crippen MR) is 103 cm³/mol. The number of amides is 1. The maximum Gasteiger partial charge on any atom is 0.269 e. The minimum atomic E-state index is -0.297. The van der Waals surface area contributed by atoms with E-state index in [1.807, 2.05) is 30.3 Å². The Kier molecular flexibility index (Phi) is 5.50. The van der Waals surface area contributed by atoms with Gasteiger partial charge in [-0.2, -0.15) is 0 Å². The van der Waals surface area contributed by atoms with E-state index in [1.165, 1.54) is 6.33 Å². The molecule has 8 heteroatoms. The van der Waals surface area contributed by atoms with Crippen LogP contribution in [0.5, 0.6) is 0 Å². The van der Waals surface area contributed by atoms with Crippen LogP contribution in [0.2, 0.25) is 5.02 Å². The average Bonchev–Trinajstić information content (AvgIpc) is 2.68. The van der Waals surface area contributed by atoms with Crippen molar-refractivity contribution in [2.45, 2.75) is 6.54 Å². The van der Waals surface area contributed by atoms with Gasteiger partial charge in [0.15, 0.2) is 11.6 Å². The summed E-state index contributed by atoms with van der Waals surface area (Å²) >= 11 is 6.14. The van der Waals surface area contributed by atoms with Gasteiger partial charge in [0.1, 0.15) is 12.0 Å². The summed E-state index contributed by atoms with van der Waals surface area (Å²) in [6.07, 6.45) is 1.35. The quantitative estimate of drug-likeness (QED) is 0.498. The Hall–Kier alpha value is -3.32. The van der Waals surface area contributed by atoms with Crippen molar-refractivity contribution < 1.29 is 4.79 Å². The first kappa shape index (κ1) is 17.5. The Morgan fingerprint density at radius 1 is 1.00 bits per heavy atom. The molecule has 0 spiro atoms. The Bertz CT molecular complexity index is 903. The van der Waals surface area contributed by atoms with Crippen molar-refractivity contribution in [3.05, 3.63) is 77.1 Å². The second-order valence-electron chi connectivity index (χ2n) is 5.37. The predicted octanol–water partition coefficient (Wildman–Crippen LogP) is 3.08. The Morgan fingerprint density at radius 2 is 1.69 bits per heavy atom. The standard InChI is InChI=1S/C18H17ClN6O/c19-14-9-5-4-8-13(14)10-21-16-15(20)17(23-11-22-16)24-25-18(26)12-6-2-1-3-7-12/h1-9,11H,10,20H2,(H,25,26)(H2,21,22,23,24). The van der Waals surface area contributed by atoms with Gasteiger partial charge in [0.05, 0.1) is 0 Å². The fourth-order valence-corrected chi connectivity index (χ4v) is 2.44. The van der Waals surface area contributed by atoms with Crippen LogP contribution in [-0.2, 0) is 6.54 Å². The molecule has 0 saturated carbocycles. The van der Waals surface area contributed by atoms with Crippen LogP contribution < -0.4 is 21.9 Å². The number of nitrogens with two attached hydrogens (primary N) is 1. The highest BCUT2D eigenvalue weighted by molar-refractivity contribution is 6.31. The lowest BCUT2D eigenvalue weighted by Gasteiger charge is -2.13. The molecule has 0 unspecified atom stereocenters. The number of nitrogen functional groups attached to an aromatic ring is 1. The monoisotopic (exact) mass is 368 g/mol. The first-order chi connectivity index (χ1) is 12.6. The van der Waals surface area contributed by atoms with Crippen LogP contribution in [-0.4, -0.2) is 15.9 Å². The van der Waals surface area contributed by atoms with Crippen LogP contribution in [0.3, 0.4) is 0 Å². The van der Waals surface area contributed by atoms with Gasteiger partial charge in [-0.25, -0.2) is 9.97 Å². The van der Waals surface area contributed by atoms with Gasteiger partial charge in [-0.1, -0.05) is 48.0 Å². The third-order valence-electron chi connectivity index (χ3n) is 3.62. The number of carbonyl (C=O) groups is 1. The third kappa shape index (κ3) is 4.20. The molecule has 1 amide bonds. The van der Waals surface area contributed by atoms with Crippen LogP contribution >= 0.6 is 11.6 Å². The number of benzene rings is 2. The Balaban J connectivity index is 1.65. The molecule has 26 heavy (non-hydrogen) atoms. The summed E-state index contributed by atoms with van der Waals surface area (Å²) in [5.41, 5.74) is 13.1. The van der Waals surface area contributed by atoms with E-state index in [4.69, 9.17) is 17.3 Å². The molecule has 2 aromatic carbocycles. The fourth-order valence-electron chi connectivity index (χ4n) is 2.23. The van der Waals surface area contributed by atoms with Gasteiger partial charge in [-0.3, -0.25) is 15.6 Å². The number of halogens is 1. The minimum Gasteiger partial charge on any atom is -0.393 e. The van der Waals surface area contributed by atoms with Crippen molar-refractivity contribution in [3.63, 3.8) is 0 Å². The molecule has 0 aliphatic rings. The Morgan fingerprint density at radius 3 is 2.46 bits per heavy atom. The number of nitrogens with one attached hydrogen (secondary N) is 3. The van der Waals surface area contributed by atoms with E-state index in [1.54, 1.807) is 24.3 Å². The second-order valence-corrected chi connectivity index (χ2v) is 5.78. The van der Waals surface area contributed by atoms with Crippen molar-refractivity contribution in [1.82, 2.24) is 15.4 Å². The highest BCUT2D eigenvalue weighted by Gasteiger charge is 2.10. The topological polar surface area (TPSA) is 105 Å². The average molecular weight is 369 g/mol. The summed E-state index contributed by atoms with van der Waals surface area (Å²) in [6.45, 7) is 0.455. The van der Waals surface area contributed by atoms with Gasteiger partial charge in [-0.15, -0.1) is 0 Å². The lowest BCUT2D eigenvalue weighted by atomic mass is 10.2. The zero-order valence-corrected chi connectivity index (χ0v) is 14.5. The second kappa shape index (κ2) is 8.17. The number of aromatic nitrogens is 2. The maximum atomic E-state index is 12.1. The van der Waals surface area contributed by atoms with E-state index >= 15 is 0 Å². The van der Waals surface area contributed by atoms with Gasteiger partial charge in [0, 0.05) is 17.1 Å². The SMILES string of the molecule is Nc1c(NCc2ccccc2Cl)ncnc1NNC(=O)c1ccccc1. The fraction of sp³-hybridized carbons (Fsp3) is 0.0556. The summed E-state index contributed by atoms with van der Waals surface area (Å²) in [6, 6.07) is 16.3. The first-order valence-electron chi connectivity index (χ1n) is 7.84. The molecule has 0 bridgehead atoms. The number of hydrogen-bond acceptors (Lipinski definition) is 6. The van der Waals surface area contributed by atoms with Crippen LogP contribution in [0.1, 0.15) is 15.9 Å². The zero-order valence-electron chi connectivity index (χ0n) is 13.7. The van der Waals surface area contributed by atoms with Crippen molar-refractivity contribution in [1.29, 1.82) is 0 Å². The minimum absolute atomic E-state index is 0.285. The molecule has 0 fully saturated rings. The number of rotatable bonds is 6. The third-order valence-corrected chi connectivity index (χ3v) is 3.99. The number of nitrogens with zero attached hydrogens (tertiary/aromatic N) is 2. The van der Waals surface area contributed by atoms with E-state index < -0.39 is 0 Å². The van der Waals surface area contributed by atoms with Crippen LogP contribution in [0.15, 0.2) is 60.9 Å². The molecule has 3 aromatic rings. The van der Waals surface area contributed by atoms with E-state index in [0.29, 0.717) is 28.8 Å². The summed E-state index contributed by atoms with van der Waals surface area (Å²) in [5.74, 6) is 0.441. The molecule has 1 heterocycles. The van der Waals surface area contributed by atoms with Gasteiger partial charge in [0.2, 0.25) is 0 Å². The summed E-state index contributed by atoms with van der Waals surface area (Å²) in [7, 11) is 0. The number of hydrogen-bond donors (Lipinski definition) is 4. The molecule has 0 radical (unpaired) electrons. The van der Waals surface area contributed by atoms with E-state index in [2.05, 4.69) is 26.1 Å². The van der Waals surface area contributed by atoms with E-state index in [0.717, 1.165) is 5.56 Å². The van der Waals surface area contributed by atoms with Gasteiger partial charge in [-0.05, 0) is 23.8 Å². The largest absolute Gasteiger partial charge is 0.393 e. The molecule has 1 aromatic heterocycles. The first-order valence-corrected chi connectivity index (χ1v) is 8.22. The van der Waals surface area contributed by atoms with Crippen molar-refractivity contribution >= 4 is 34.8 Å². The van der Waals surface area contributed by atoms with E-state index in [-0.39, 0.29) is 11.6 Å². The van der Waals surface area contributed by atoms with Crippen LogP contribution in [0.4, 0.5) is 17.3 Å². The molecular formula is C18H17ClN6O. The molecule has 7 nitrogen and oxygen atoms in total.